The van der Waals surface area contributed by atoms with Crippen molar-refractivity contribution in [2.45, 2.75) is 20.0 Å². The van der Waals surface area contributed by atoms with Gasteiger partial charge in [0, 0.05) is 25.8 Å². The van der Waals surface area contributed by atoms with E-state index in [1.807, 2.05) is 13.8 Å². The standard InChI is InChI=1S/C13H18FN3O2/c1-3-15-12-11(14)10(4-5-16-12)13(18)17-6-7-19-9(2)8-17/h4-5,9H,3,6-8H2,1-2H3,(H,15,16). The predicted molar refractivity (Wildman–Crippen MR) is 69.7 cm³/mol. The largest absolute Gasteiger partial charge is 0.375 e. The topological polar surface area (TPSA) is 54.5 Å². The number of amides is 1. The molecule has 1 atom stereocenters. The first-order chi connectivity index (χ1) is 9.13. The molecule has 2 heterocycles. The van der Waals surface area contributed by atoms with Crippen LogP contribution in [0.25, 0.3) is 0 Å². The highest BCUT2D eigenvalue weighted by atomic mass is 19.1. The number of nitrogens with one attached hydrogen (secondary N) is 1. The first kappa shape index (κ1) is 13.7. The number of morpholine rings is 1. The van der Waals surface area contributed by atoms with Crippen molar-refractivity contribution < 1.29 is 13.9 Å². The highest BCUT2D eigenvalue weighted by Crippen LogP contribution is 2.18. The molecule has 1 unspecified atom stereocenters. The lowest BCUT2D eigenvalue weighted by Gasteiger charge is -2.31. The van der Waals surface area contributed by atoms with E-state index in [0.29, 0.717) is 26.2 Å². The Labute approximate surface area is 111 Å². The van der Waals surface area contributed by atoms with Crippen LogP contribution in [0.3, 0.4) is 0 Å². The first-order valence-corrected chi connectivity index (χ1v) is 6.42. The van der Waals surface area contributed by atoms with Gasteiger partial charge in [0.1, 0.15) is 0 Å². The molecule has 1 saturated heterocycles. The summed E-state index contributed by atoms with van der Waals surface area (Å²) in [6.45, 7) is 5.75. The van der Waals surface area contributed by atoms with Gasteiger partial charge in [-0.1, -0.05) is 0 Å². The molecule has 0 spiro atoms. The number of rotatable bonds is 3. The normalized spacial score (nSPS) is 19.3. The molecule has 0 aromatic carbocycles. The molecule has 19 heavy (non-hydrogen) atoms. The van der Waals surface area contributed by atoms with E-state index in [-0.39, 0.29) is 23.4 Å². The first-order valence-electron chi connectivity index (χ1n) is 6.42. The molecule has 2 rings (SSSR count). The summed E-state index contributed by atoms with van der Waals surface area (Å²) >= 11 is 0. The maximum atomic E-state index is 14.2. The summed E-state index contributed by atoms with van der Waals surface area (Å²) in [5, 5.41) is 2.80. The second-order valence-corrected chi connectivity index (χ2v) is 4.48. The Balaban J connectivity index is 2.21. The molecule has 6 heteroatoms. The van der Waals surface area contributed by atoms with Crippen molar-refractivity contribution in [3.63, 3.8) is 0 Å². The molecular weight excluding hydrogens is 249 g/mol. The highest BCUT2D eigenvalue weighted by Gasteiger charge is 2.25. The second-order valence-electron chi connectivity index (χ2n) is 4.48. The maximum Gasteiger partial charge on any atom is 0.257 e. The second kappa shape index (κ2) is 5.97. The van der Waals surface area contributed by atoms with E-state index in [0.717, 1.165) is 0 Å². The Morgan fingerprint density at radius 1 is 1.68 bits per heavy atom. The summed E-state index contributed by atoms with van der Waals surface area (Å²) in [5.41, 5.74) is 0.0556. The molecule has 0 aliphatic carbocycles. The SMILES string of the molecule is CCNc1nccc(C(=O)N2CCOC(C)C2)c1F. The zero-order valence-electron chi connectivity index (χ0n) is 11.1. The molecule has 1 N–H and O–H groups in total. The van der Waals surface area contributed by atoms with Crippen molar-refractivity contribution in [2.24, 2.45) is 0 Å². The minimum atomic E-state index is -0.589. The monoisotopic (exact) mass is 267 g/mol. The third kappa shape index (κ3) is 3.01. The van der Waals surface area contributed by atoms with Gasteiger partial charge in [0.05, 0.1) is 18.3 Å². The molecule has 104 valence electrons. The fourth-order valence-corrected chi connectivity index (χ4v) is 2.07. The maximum absolute atomic E-state index is 14.2. The lowest BCUT2D eigenvalue weighted by Crippen LogP contribution is -2.44. The number of hydrogen-bond acceptors (Lipinski definition) is 4. The van der Waals surface area contributed by atoms with Crippen LogP contribution in [-0.4, -0.2) is 48.1 Å². The van der Waals surface area contributed by atoms with Crippen LogP contribution in [0.1, 0.15) is 24.2 Å². The van der Waals surface area contributed by atoms with E-state index in [1.54, 1.807) is 4.90 Å². The third-order valence-corrected chi connectivity index (χ3v) is 2.99. The van der Waals surface area contributed by atoms with Crippen LogP contribution in [0.5, 0.6) is 0 Å². The Morgan fingerprint density at radius 2 is 2.47 bits per heavy atom. The van der Waals surface area contributed by atoms with E-state index in [2.05, 4.69) is 10.3 Å². The van der Waals surface area contributed by atoms with Crippen LogP contribution in [0.2, 0.25) is 0 Å². The minimum Gasteiger partial charge on any atom is -0.375 e. The number of halogens is 1. The Hall–Kier alpha value is -1.69. The van der Waals surface area contributed by atoms with Crippen LogP contribution < -0.4 is 5.32 Å². The highest BCUT2D eigenvalue weighted by molar-refractivity contribution is 5.95. The zero-order chi connectivity index (χ0) is 13.8. The number of anilines is 1. The summed E-state index contributed by atoms with van der Waals surface area (Å²) in [7, 11) is 0. The Morgan fingerprint density at radius 3 is 3.16 bits per heavy atom. The van der Waals surface area contributed by atoms with Crippen molar-refractivity contribution in [1.29, 1.82) is 0 Å². The molecule has 5 nitrogen and oxygen atoms in total. The van der Waals surface area contributed by atoms with Crippen LogP contribution in [-0.2, 0) is 4.74 Å². The van der Waals surface area contributed by atoms with Crippen molar-refractivity contribution in [3.05, 3.63) is 23.6 Å². The van der Waals surface area contributed by atoms with Gasteiger partial charge in [0.2, 0.25) is 0 Å². The molecule has 0 saturated carbocycles. The van der Waals surface area contributed by atoms with E-state index in [9.17, 15) is 9.18 Å². The molecule has 1 amide bonds. The number of nitrogens with zero attached hydrogens (tertiary/aromatic N) is 2. The molecule has 1 aliphatic rings. The summed E-state index contributed by atoms with van der Waals surface area (Å²) in [5.74, 6) is -0.780. The molecule has 1 aromatic rings. The van der Waals surface area contributed by atoms with Gasteiger partial charge in [0.25, 0.3) is 5.91 Å². The van der Waals surface area contributed by atoms with Crippen molar-refractivity contribution in [3.8, 4) is 0 Å². The van der Waals surface area contributed by atoms with E-state index in [1.165, 1.54) is 12.3 Å². The summed E-state index contributed by atoms with van der Waals surface area (Å²) < 4.78 is 19.5. The van der Waals surface area contributed by atoms with Crippen LogP contribution >= 0.6 is 0 Å². The van der Waals surface area contributed by atoms with E-state index < -0.39 is 5.82 Å². The Bertz CT molecular complexity index is 467. The number of pyridine rings is 1. The quantitative estimate of drug-likeness (QED) is 0.902. The van der Waals surface area contributed by atoms with Gasteiger partial charge in [-0.25, -0.2) is 9.37 Å². The van der Waals surface area contributed by atoms with E-state index >= 15 is 0 Å². The van der Waals surface area contributed by atoms with Crippen LogP contribution in [0.4, 0.5) is 10.2 Å². The summed E-state index contributed by atoms with van der Waals surface area (Å²) in [4.78, 5) is 17.8. The smallest absolute Gasteiger partial charge is 0.257 e. The van der Waals surface area contributed by atoms with Crippen molar-refractivity contribution in [1.82, 2.24) is 9.88 Å². The zero-order valence-corrected chi connectivity index (χ0v) is 11.1. The lowest BCUT2D eigenvalue weighted by molar-refractivity contribution is -0.0125. The molecule has 0 bridgehead atoms. The van der Waals surface area contributed by atoms with Gasteiger partial charge in [0.15, 0.2) is 11.6 Å². The van der Waals surface area contributed by atoms with Gasteiger partial charge < -0.3 is 15.0 Å². The van der Waals surface area contributed by atoms with Gasteiger partial charge in [-0.05, 0) is 19.9 Å². The van der Waals surface area contributed by atoms with Crippen molar-refractivity contribution >= 4 is 11.7 Å². The minimum absolute atomic E-state index is 0.0177. The Kier molecular flexibility index (Phi) is 4.31. The molecule has 1 aliphatic heterocycles. The van der Waals surface area contributed by atoms with Gasteiger partial charge in [-0.15, -0.1) is 0 Å². The average molecular weight is 267 g/mol. The summed E-state index contributed by atoms with van der Waals surface area (Å²) in [6.07, 6.45) is 1.42. The molecule has 0 radical (unpaired) electrons. The lowest BCUT2D eigenvalue weighted by atomic mass is 10.2. The van der Waals surface area contributed by atoms with Crippen LogP contribution in [0, 0.1) is 5.82 Å². The van der Waals surface area contributed by atoms with Gasteiger partial charge >= 0.3 is 0 Å². The number of carbonyl (C=O) groups excluding carboxylic acids is 1. The number of aromatic nitrogens is 1. The molecule has 1 fully saturated rings. The fourth-order valence-electron chi connectivity index (χ4n) is 2.07. The number of ether oxygens (including phenoxy) is 1. The third-order valence-electron chi connectivity index (χ3n) is 2.99. The molecule has 1 aromatic heterocycles. The van der Waals surface area contributed by atoms with Crippen molar-refractivity contribution in [2.75, 3.05) is 31.6 Å². The van der Waals surface area contributed by atoms with Crippen LogP contribution in [0.15, 0.2) is 12.3 Å². The number of carbonyl (C=O) groups is 1. The van der Waals surface area contributed by atoms with Gasteiger partial charge in [-0.2, -0.15) is 0 Å². The molecular formula is C13H18FN3O2. The predicted octanol–water partition coefficient (Wildman–Crippen LogP) is 1.51. The van der Waals surface area contributed by atoms with E-state index in [4.69, 9.17) is 4.74 Å². The summed E-state index contributed by atoms with van der Waals surface area (Å²) in [6, 6.07) is 1.42. The van der Waals surface area contributed by atoms with Gasteiger partial charge in [-0.3, -0.25) is 4.79 Å². The number of hydrogen-bond donors (Lipinski definition) is 1. The average Bonchev–Trinajstić information content (AvgIpc) is 2.41. The fraction of sp³-hybridized carbons (Fsp3) is 0.538.